The van der Waals surface area contributed by atoms with Crippen LogP contribution in [0.1, 0.15) is 26.2 Å². The number of hydrogen-bond donors (Lipinski definition) is 2. The van der Waals surface area contributed by atoms with Crippen molar-refractivity contribution in [2.45, 2.75) is 37.1 Å². The van der Waals surface area contributed by atoms with Gasteiger partial charge >= 0.3 is 5.97 Å². The molecule has 0 bridgehead atoms. The van der Waals surface area contributed by atoms with Crippen LogP contribution in [0.15, 0.2) is 29.2 Å². The van der Waals surface area contributed by atoms with Crippen molar-refractivity contribution in [3.05, 3.63) is 30.1 Å². The van der Waals surface area contributed by atoms with Crippen molar-refractivity contribution in [3.63, 3.8) is 0 Å². The van der Waals surface area contributed by atoms with E-state index in [1.54, 1.807) is 12.1 Å². The fraction of sp³-hybridized carbons (Fsp3) is 0.500. The third-order valence-corrected chi connectivity index (χ3v) is 5.19. The quantitative estimate of drug-likeness (QED) is 0.789. The minimum absolute atomic E-state index is 0.118. The van der Waals surface area contributed by atoms with Gasteiger partial charge in [0, 0.05) is 22.6 Å². The standard InChI is InChI=1S/C16H20FNO3S/c1-10(9-22-12-7-5-11(17)6-8-12)15(19)18-14-4-2-3-13(14)16(20)21/h5-8,10,13-14H,2-4,9H2,1H3,(H,18,19)(H,20,21)/t10?,13-,14+/m0/s1. The molecule has 1 unspecified atom stereocenters. The summed E-state index contributed by atoms with van der Waals surface area (Å²) in [6, 6.07) is 5.89. The number of halogens is 1. The Kier molecular flexibility index (Phi) is 5.83. The average molecular weight is 325 g/mol. The van der Waals surface area contributed by atoms with Gasteiger partial charge in [-0.2, -0.15) is 0 Å². The molecule has 120 valence electrons. The van der Waals surface area contributed by atoms with Crippen LogP contribution < -0.4 is 5.32 Å². The van der Waals surface area contributed by atoms with E-state index in [9.17, 15) is 14.0 Å². The van der Waals surface area contributed by atoms with Gasteiger partial charge in [-0.15, -0.1) is 11.8 Å². The average Bonchev–Trinajstić information content (AvgIpc) is 2.94. The van der Waals surface area contributed by atoms with Gasteiger partial charge < -0.3 is 10.4 Å². The Morgan fingerprint density at radius 3 is 2.68 bits per heavy atom. The molecule has 2 N–H and O–H groups in total. The highest BCUT2D eigenvalue weighted by Gasteiger charge is 2.34. The van der Waals surface area contributed by atoms with Crippen molar-refractivity contribution in [3.8, 4) is 0 Å². The van der Waals surface area contributed by atoms with E-state index < -0.39 is 11.9 Å². The molecule has 22 heavy (non-hydrogen) atoms. The summed E-state index contributed by atoms with van der Waals surface area (Å²) in [5, 5.41) is 12.0. The van der Waals surface area contributed by atoms with Crippen molar-refractivity contribution in [2.75, 3.05) is 5.75 Å². The molecule has 1 aliphatic carbocycles. The lowest BCUT2D eigenvalue weighted by Crippen LogP contribution is -2.42. The van der Waals surface area contributed by atoms with Gasteiger partial charge in [-0.1, -0.05) is 13.3 Å². The second-order valence-corrected chi connectivity index (χ2v) is 6.75. The maximum Gasteiger partial charge on any atom is 0.308 e. The molecule has 0 radical (unpaired) electrons. The number of carbonyl (C=O) groups excluding carboxylic acids is 1. The Labute approximate surface area is 133 Å². The first kappa shape index (κ1) is 16.8. The Hall–Kier alpha value is -1.56. The van der Waals surface area contributed by atoms with Gasteiger partial charge in [0.05, 0.1) is 5.92 Å². The number of benzene rings is 1. The molecule has 1 aliphatic rings. The van der Waals surface area contributed by atoms with E-state index in [4.69, 9.17) is 5.11 Å². The Balaban J connectivity index is 1.81. The fourth-order valence-corrected chi connectivity index (χ4v) is 3.50. The van der Waals surface area contributed by atoms with Gasteiger partial charge in [0.15, 0.2) is 0 Å². The number of thioether (sulfide) groups is 1. The number of carboxylic acids is 1. The van der Waals surface area contributed by atoms with Crippen LogP contribution in [0.2, 0.25) is 0 Å². The Morgan fingerprint density at radius 1 is 1.36 bits per heavy atom. The minimum Gasteiger partial charge on any atom is -0.481 e. The summed E-state index contributed by atoms with van der Waals surface area (Å²) in [4.78, 5) is 24.2. The summed E-state index contributed by atoms with van der Waals surface area (Å²) in [5.41, 5.74) is 0. The second kappa shape index (κ2) is 7.63. The molecule has 6 heteroatoms. The molecule has 0 spiro atoms. The van der Waals surface area contributed by atoms with E-state index in [0.29, 0.717) is 12.2 Å². The zero-order valence-corrected chi connectivity index (χ0v) is 13.2. The smallest absolute Gasteiger partial charge is 0.308 e. The van der Waals surface area contributed by atoms with Crippen LogP contribution in [-0.4, -0.2) is 28.8 Å². The predicted octanol–water partition coefficient (Wildman–Crippen LogP) is 2.92. The maximum absolute atomic E-state index is 12.8. The largest absolute Gasteiger partial charge is 0.481 e. The van der Waals surface area contributed by atoms with Crippen LogP contribution in [0.5, 0.6) is 0 Å². The molecule has 0 saturated heterocycles. The zero-order valence-electron chi connectivity index (χ0n) is 12.4. The molecule has 3 atom stereocenters. The van der Waals surface area contributed by atoms with Crippen LogP contribution in [0.4, 0.5) is 4.39 Å². The number of nitrogens with one attached hydrogen (secondary N) is 1. The Morgan fingerprint density at radius 2 is 2.05 bits per heavy atom. The SMILES string of the molecule is CC(CSc1ccc(F)cc1)C(=O)N[C@@H]1CCC[C@@H]1C(=O)O. The van der Waals surface area contributed by atoms with Gasteiger partial charge in [0.25, 0.3) is 0 Å². The molecule has 0 aliphatic heterocycles. The summed E-state index contributed by atoms with van der Waals surface area (Å²) < 4.78 is 12.8. The van der Waals surface area contributed by atoms with Crippen LogP contribution >= 0.6 is 11.8 Å². The van der Waals surface area contributed by atoms with E-state index in [2.05, 4.69) is 5.32 Å². The normalized spacial score (nSPS) is 22.3. The van der Waals surface area contributed by atoms with E-state index in [0.717, 1.165) is 17.7 Å². The maximum atomic E-state index is 12.8. The van der Waals surface area contributed by atoms with Crippen LogP contribution in [0.25, 0.3) is 0 Å². The van der Waals surface area contributed by atoms with Crippen molar-refractivity contribution >= 4 is 23.6 Å². The number of aliphatic carboxylic acids is 1. The first-order chi connectivity index (χ1) is 10.5. The monoisotopic (exact) mass is 325 g/mol. The molecule has 0 heterocycles. The van der Waals surface area contributed by atoms with E-state index in [-0.39, 0.29) is 23.7 Å². The molecular weight excluding hydrogens is 305 g/mol. The number of carboxylic acid groups (broad SMARTS) is 1. The molecular formula is C16H20FNO3S. The van der Waals surface area contributed by atoms with Gasteiger partial charge in [-0.25, -0.2) is 4.39 Å². The lowest BCUT2D eigenvalue weighted by molar-refractivity contribution is -0.142. The lowest BCUT2D eigenvalue weighted by Gasteiger charge is -2.20. The van der Waals surface area contributed by atoms with Crippen molar-refractivity contribution < 1.29 is 19.1 Å². The molecule has 1 saturated carbocycles. The van der Waals surface area contributed by atoms with Gasteiger partial charge in [0.1, 0.15) is 5.82 Å². The molecule has 1 aromatic carbocycles. The fourth-order valence-electron chi connectivity index (χ4n) is 2.58. The lowest BCUT2D eigenvalue weighted by atomic mass is 10.0. The van der Waals surface area contributed by atoms with E-state index >= 15 is 0 Å². The molecule has 0 aromatic heterocycles. The van der Waals surface area contributed by atoms with Gasteiger partial charge in [0.2, 0.25) is 5.91 Å². The van der Waals surface area contributed by atoms with E-state index in [1.807, 2.05) is 6.92 Å². The first-order valence-electron chi connectivity index (χ1n) is 7.39. The molecule has 2 rings (SSSR count). The molecule has 1 amide bonds. The molecule has 4 nitrogen and oxygen atoms in total. The number of carbonyl (C=O) groups is 2. The van der Waals surface area contributed by atoms with E-state index in [1.165, 1.54) is 23.9 Å². The van der Waals surface area contributed by atoms with Crippen molar-refractivity contribution in [2.24, 2.45) is 11.8 Å². The molecule has 1 aromatic rings. The highest BCUT2D eigenvalue weighted by atomic mass is 32.2. The minimum atomic E-state index is -0.837. The zero-order chi connectivity index (χ0) is 16.1. The van der Waals surface area contributed by atoms with Crippen LogP contribution in [-0.2, 0) is 9.59 Å². The molecule has 1 fully saturated rings. The number of hydrogen-bond acceptors (Lipinski definition) is 3. The highest BCUT2D eigenvalue weighted by molar-refractivity contribution is 7.99. The third-order valence-electron chi connectivity index (χ3n) is 3.92. The first-order valence-corrected chi connectivity index (χ1v) is 8.37. The number of rotatable bonds is 6. The topological polar surface area (TPSA) is 66.4 Å². The summed E-state index contributed by atoms with van der Waals surface area (Å²) >= 11 is 1.49. The predicted molar refractivity (Wildman–Crippen MR) is 83.2 cm³/mol. The summed E-state index contributed by atoms with van der Waals surface area (Å²) in [6.45, 7) is 1.82. The van der Waals surface area contributed by atoms with Crippen molar-refractivity contribution in [1.29, 1.82) is 0 Å². The summed E-state index contributed by atoms with van der Waals surface area (Å²) in [6.07, 6.45) is 2.18. The summed E-state index contributed by atoms with van der Waals surface area (Å²) in [5.74, 6) is -1.37. The summed E-state index contributed by atoms with van der Waals surface area (Å²) in [7, 11) is 0. The van der Waals surface area contributed by atoms with Crippen LogP contribution in [0.3, 0.4) is 0 Å². The number of amides is 1. The van der Waals surface area contributed by atoms with Gasteiger partial charge in [-0.05, 0) is 37.1 Å². The van der Waals surface area contributed by atoms with Crippen molar-refractivity contribution in [1.82, 2.24) is 5.32 Å². The Bertz CT molecular complexity index is 535. The second-order valence-electron chi connectivity index (χ2n) is 5.66. The third kappa shape index (κ3) is 4.47. The van der Waals surface area contributed by atoms with Crippen LogP contribution in [0, 0.1) is 17.7 Å². The van der Waals surface area contributed by atoms with Gasteiger partial charge in [-0.3, -0.25) is 9.59 Å². The highest BCUT2D eigenvalue weighted by Crippen LogP contribution is 2.27.